The second-order valence-electron chi connectivity index (χ2n) is 7.39. The molecule has 0 aliphatic carbocycles. The lowest BCUT2D eigenvalue weighted by molar-refractivity contribution is 0.0475. The van der Waals surface area contributed by atoms with E-state index in [1.54, 1.807) is 17.0 Å². The fraction of sp³-hybridized carbons (Fsp3) is 0.318. The van der Waals surface area contributed by atoms with Gasteiger partial charge in [0.05, 0.1) is 36.0 Å². The van der Waals surface area contributed by atoms with Crippen LogP contribution in [0.25, 0.3) is 0 Å². The van der Waals surface area contributed by atoms with Crippen LogP contribution >= 0.6 is 0 Å². The van der Waals surface area contributed by atoms with Gasteiger partial charge in [-0.1, -0.05) is 12.1 Å². The molecule has 2 aromatic rings. The molecule has 1 atom stereocenters. The number of anilines is 1. The number of carbonyl (C=O) groups excluding carboxylic acids is 3. The first kappa shape index (κ1) is 17.9. The molecule has 0 N–H and O–H groups in total. The maximum Gasteiger partial charge on any atom is 0.261 e. The van der Waals surface area contributed by atoms with Crippen molar-refractivity contribution in [3.05, 3.63) is 59.2 Å². The predicted octanol–water partition coefficient (Wildman–Crippen LogP) is 2.50. The summed E-state index contributed by atoms with van der Waals surface area (Å²) >= 11 is 0. The molecule has 0 saturated carbocycles. The molecule has 0 spiro atoms. The average molecular weight is 392 g/mol. The molecule has 3 heterocycles. The van der Waals surface area contributed by atoms with E-state index in [9.17, 15) is 14.4 Å². The second-order valence-corrected chi connectivity index (χ2v) is 7.39. The monoisotopic (exact) mass is 392 g/mol. The van der Waals surface area contributed by atoms with Crippen molar-refractivity contribution in [2.75, 3.05) is 31.2 Å². The summed E-state index contributed by atoms with van der Waals surface area (Å²) in [6.07, 6.45) is 1.67. The van der Waals surface area contributed by atoms with Crippen molar-refractivity contribution < 1.29 is 23.9 Å². The van der Waals surface area contributed by atoms with Crippen LogP contribution in [0.3, 0.4) is 0 Å². The summed E-state index contributed by atoms with van der Waals surface area (Å²) in [4.78, 5) is 41.6. The summed E-state index contributed by atoms with van der Waals surface area (Å²) < 4.78 is 11.2. The highest BCUT2D eigenvalue weighted by Crippen LogP contribution is 2.33. The lowest BCUT2D eigenvalue weighted by Crippen LogP contribution is -2.38. The molecule has 0 aromatic heterocycles. The van der Waals surface area contributed by atoms with E-state index in [-0.39, 0.29) is 35.9 Å². The summed E-state index contributed by atoms with van der Waals surface area (Å²) in [6, 6.07) is 12.1. The van der Waals surface area contributed by atoms with E-state index < -0.39 is 0 Å². The molecular weight excluding hydrogens is 372 g/mol. The van der Waals surface area contributed by atoms with Gasteiger partial charge in [0.2, 0.25) is 0 Å². The van der Waals surface area contributed by atoms with Gasteiger partial charge >= 0.3 is 0 Å². The molecular formula is C22H20N2O5. The van der Waals surface area contributed by atoms with Crippen LogP contribution in [0.4, 0.5) is 5.69 Å². The highest BCUT2D eigenvalue weighted by atomic mass is 16.5. The maximum absolute atomic E-state index is 13.2. The van der Waals surface area contributed by atoms with Gasteiger partial charge in [0.15, 0.2) is 0 Å². The molecule has 7 heteroatoms. The first-order valence-corrected chi connectivity index (χ1v) is 9.79. The Bertz CT molecular complexity index is 1010. The minimum atomic E-state index is -0.363. The van der Waals surface area contributed by atoms with Crippen LogP contribution < -0.4 is 9.64 Å². The van der Waals surface area contributed by atoms with Gasteiger partial charge < -0.3 is 14.4 Å². The lowest BCUT2D eigenvalue weighted by Gasteiger charge is -2.29. The van der Waals surface area contributed by atoms with Crippen molar-refractivity contribution in [3.63, 3.8) is 0 Å². The van der Waals surface area contributed by atoms with Crippen LogP contribution in [-0.4, -0.2) is 55.0 Å². The molecule has 0 radical (unpaired) electrons. The minimum absolute atomic E-state index is 0.108. The highest BCUT2D eigenvalue weighted by molar-refractivity contribution is 6.22. The Morgan fingerprint density at radius 1 is 1.03 bits per heavy atom. The Morgan fingerprint density at radius 3 is 2.69 bits per heavy atom. The Kier molecular flexibility index (Phi) is 4.32. The van der Waals surface area contributed by atoms with Crippen LogP contribution in [0.1, 0.15) is 43.9 Å². The molecule has 5 rings (SSSR count). The van der Waals surface area contributed by atoms with Crippen LogP contribution in [0.5, 0.6) is 5.75 Å². The first-order valence-electron chi connectivity index (χ1n) is 9.79. The smallest absolute Gasteiger partial charge is 0.261 e. The van der Waals surface area contributed by atoms with E-state index in [0.29, 0.717) is 42.3 Å². The van der Waals surface area contributed by atoms with E-state index in [0.717, 1.165) is 12.8 Å². The van der Waals surface area contributed by atoms with Gasteiger partial charge in [0, 0.05) is 12.2 Å². The molecule has 3 aliphatic rings. The Hall–Kier alpha value is -3.19. The molecule has 1 fully saturated rings. The van der Waals surface area contributed by atoms with Gasteiger partial charge in [-0.25, -0.2) is 0 Å². The summed E-state index contributed by atoms with van der Waals surface area (Å²) in [5, 5.41) is 0. The fourth-order valence-corrected chi connectivity index (χ4v) is 4.12. The van der Waals surface area contributed by atoms with Crippen molar-refractivity contribution in [2.45, 2.75) is 18.9 Å². The number of amides is 3. The van der Waals surface area contributed by atoms with Crippen LogP contribution in [0.2, 0.25) is 0 Å². The molecule has 7 nitrogen and oxygen atoms in total. The number of nitrogens with zero attached hydrogens (tertiary/aromatic N) is 2. The molecule has 3 amide bonds. The Morgan fingerprint density at radius 2 is 1.86 bits per heavy atom. The van der Waals surface area contributed by atoms with Crippen molar-refractivity contribution in [2.24, 2.45) is 0 Å². The number of para-hydroxylation sites is 2. The summed E-state index contributed by atoms with van der Waals surface area (Å²) in [5.74, 6) is -0.252. The molecule has 3 aliphatic heterocycles. The SMILES string of the molecule is O=C1c2ccc(C(=O)N3CCOc4ccccc43)cc2C(=O)N1CC1CCCO1. The third-order valence-electron chi connectivity index (χ3n) is 5.60. The van der Waals surface area contributed by atoms with Crippen molar-refractivity contribution in [1.82, 2.24) is 4.90 Å². The van der Waals surface area contributed by atoms with Crippen LogP contribution in [0, 0.1) is 0 Å². The van der Waals surface area contributed by atoms with E-state index in [2.05, 4.69) is 0 Å². The minimum Gasteiger partial charge on any atom is -0.490 e. The Labute approximate surface area is 167 Å². The van der Waals surface area contributed by atoms with E-state index in [1.807, 2.05) is 24.3 Å². The van der Waals surface area contributed by atoms with E-state index in [1.165, 1.54) is 11.0 Å². The predicted molar refractivity (Wildman–Crippen MR) is 104 cm³/mol. The zero-order chi connectivity index (χ0) is 20.0. The number of fused-ring (bicyclic) bond motifs is 2. The first-order chi connectivity index (χ1) is 14.1. The maximum atomic E-state index is 13.2. The van der Waals surface area contributed by atoms with Gasteiger partial charge in [-0.15, -0.1) is 0 Å². The third-order valence-corrected chi connectivity index (χ3v) is 5.60. The number of hydrogen-bond donors (Lipinski definition) is 0. The van der Waals surface area contributed by atoms with Crippen LogP contribution in [-0.2, 0) is 4.74 Å². The number of ether oxygens (including phenoxy) is 2. The highest BCUT2D eigenvalue weighted by Gasteiger charge is 2.38. The van der Waals surface area contributed by atoms with Gasteiger partial charge in [-0.05, 0) is 43.2 Å². The standard InChI is InChI=1S/C22H20N2O5/c25-20(23-9-11-29-19-6-2-1-5-18(19)23)14-7-8-16-17(12-14)22(27)24(21(16)26)13-15-4-3-10-28-15/h1-2,5-8,12,15H,3-4,9-11,13H2. The van der Waals surface area contributed by atoms with Crippen LogP contribution in [0.15, 0.2) is 42.5 Å². The quantitative estimate of drug-likeness (QED) is 0.751. The molecule has 29 heavy (non-hydrogen) atoms. The topological polar surface area (TPSA) is 76.2 Å². The summed E-state index contributed by atoms with van der Waals surface area (Å²) in [6.45, 7) is 1.74. The number of carbonyl (C=O) groups is 3. The molecule has 1 unspecified atom stereocenters. The largest absolute Gasteiger partial charge is 0.490 e. The van der Waals surface area contributed by atoms with Gasteiger partial charge in [0.1, 0.15) is 12.4 Å². The molecule has 1 saturated heterocycles. The number of hydrogen-bond acceptors (Lipinski definition) is 5. The number of benzene rings is 2. The third kappa shape index (κ3) is 2.98. The molecule has 148 valence electrons. The fourth-order valence-electron chi connectivity index (χ4n) is 4.12. The Balaban J connectivity index is 1.42. The van der Waals surface area contributed by atoms with Crippen molar-refractivity contribution in [1.29, 1.82) is 0 Å². The lowest BCUT2D eigenvalue weighted by atomic mass is 10.0. The van der Waals surface area contributed by atoms with Crippen molar-refractivity contribution in [3.8, 4) is 5.75 Å². The summed E-state index contributed by atoms with van der Waals surface area (Å²) in [7, 11) is 0. The van der Waals surface area contributed by atoms with Gasteiger partial charge in [-0.3, -0.25) is 19.3 Å². The molecule has 2 aromatic carbocycles. The zero-order valence-electron chi connectivity index (χ0n) is 15.8. The summed E-state index contributed by atoms with van der Waals surface area (Å²) in [5.41, 5.74) is 1.69. The van der Waals surface area contributed by atoms with E-state index in [4.69, 9.17) is 9.47 Å². The van der Waals surface area contributed by atoms with Gasteiger partial charge in [-0.2, -0.15) is 0 Å². The second kappa shape index (κ2) is 7.00. The van der Waals surface area contributed by atoms with E-state index >= 15 is 0 Å². The van der Waals surface area contributed by atoms with Gasteiger partial charge in [0.25, 0.3) is 17.7 Å². The number of rotatable bonds is 3. The zero-order valence-corrected chi connectivity index (χ0v) is 15.8. The molecule has 0 bridgehead atoms. The van der Waals surface area contributed by atoms with Crippen molar-refractivity contribution >= 4 is 23.4 Å². The normalized spacial score (nSPS) is 20.5. The number of imide groups is 1. The average Bonchev–Trinajstić information content (AvgIpc) is 3.36.